The van der Waals surface area contributed by atoms with Crippen LogP contribution >= 0.6 is 0 Å². The number of aromatic amines is 1. The molecule has 1 heterocycles. The van der Waals surface area contributed by atoms with Crippen molar-refractivity contribution < 1.29 is 4.74 Å². The van der Waals surface area contributed by atoms with Crippen molar-refractivity contribution in [3.63, 3.8) is 0 Å². The Morgan fingerprint density at radius 3 is 2.87 bits per heavy atom. The van der Waals surface area contributed by atoms with Crippen molar-refractivity contribution in [3.05, 3.63) is 36.0 Å². The monoisotopic (exact) mass is 314 g/mol. The van der Waals surface area contributed by atoms with Crippen LogP contribution in [0.1, 0.15) is 52.0 Å². The molecule has 0 saturated heterocycles. The molecule has 2 aromatic rings. The third-order valence-corrected chi connectivity index (χ3v) is 5.39. The van der Waals surface area contributed by atoms with Gasteiger partial charge in [0.25, 0.3) is 0 Å². The number of nitrogens with one attached hydrogen (secondary N) is 2. The lowest BCUT2D eigenvalue weighted by atomic mass is 9.79. The van der Waals surface area contributed by atoms with Crippen molar-refractivity contribution in [3.8, 4) is 0 Å². The molecule has 3 atom stereocenters. The largest absolute Gasteiger partial charge is 0.380 e. The highest BCUT2D eigenvalue weighted by Gasteiger charge is 2.31. The van der Waals surface area contributed by atoms with Gasteiger partial charge in [0.1, 0.15) is 0 Å². The van der Waals surface area contributed by atoms with Crippen molar-refractivity contribution in [2.45, 2.75) is 70.1 Å². The zero-order valence-corrected chi connectivity index (χ0v) is 14.9. The second kappa shape index (κ2) is 6.66. The summed E-state index contributed by atoms with van der Waals surface area (Å²) in [6.45, 7) is 7.01. The van der Waals surface area contributed by atoms with E-state index in [0.29, 0.717) is 18.2 Å². The number of benzene rings is 1. The molecule has 3 heteroatoms. The van der Waals surface area contributed by atoms with Gasteiger partial charge in [-0.15, -0.1) is 0 Å². The van der Waals surface area contributed by atoms with Gasteiger partial charge in [-0.05, 0) is 49.7 Å². The minimum Gasteiger partial charge on any atom is -0.380 e. The maximum atomic E-state index is 5.62. The molecular formula is C20H30N2O. The van der Waals surface area contributed by atoms with Gasteiger partial charge >= 0.3 is 0 Å². The molecule has 0 aliphatic heterocycles. The van der Waals surface area contributed by atoms with E-state index in [2.05, 4.69) is 61.5 Å². The molecule has 3 rings (SSSR count). The highest BCUT2D eigenvalue weighted by Crippen LogP contribution is 2.34. The molecule has 1 aromatic carbocycles. The molecule has 126 valence electrons. The van der Waals surface area contributed by atoms with Crippen LogP contribution in [0.4, 0.5) is 0 Å². The van der Waals surface area contributed by atoms with Gasteiger partial charge in [0.2, 0.25) is 0 Å². The van der Waals surface area contributed by atoms with Crippen molar-refractivity contribution in [1.29, 1.82) is 0 Å². The summed E-state index contributed by atoms with van der Waals surface area (Å²) < 4.78 is 5.62. The fourth-order valence-corrected chi connectivity index (χ4v) is 4.33. The third kappa shape index (κ3) is 3.46. The molecule has 23 heavy (non-hydrogen) atoms. The van der Waals surface area contributed by atoms with E-state index < -0.39 is 0 Å². The van der Waals surface area contributed by atoms with Crippen LogP contribution in [0.15, 0.2) is 30.5 Å². The van der Waals surface area contributed by atoms with Crippen LogP contribution < -0.4 is 5.32 Å². The van der Waals surface area contributed by atoms with Crippen LogP contribution in [-0.2, 0) is 10.2 Å². The average molecular weight is 314 g/mol. The highest BCUT2D eigenvalue weighted by atomic mass is 16.5. The maximum Gasteiger partial charge on any atom is 0.0724 e. The third-order valence-electron chi connectivity index (χ3n) is 5.39. The highest BCUT2D eigenvalue weighted by molar-refractivity contribution is 5.84. The summed E-state index contributed by atoms with van der Waals surface area (Å²) in [7, 11) is 1.84. The van der Waals surface area contributed by atoms with E-state index in [1.54, 1.807) is 0 Å². The molecule has 3 nitrogen and oxygen atoms in total. The van der Waals surface area contributed by atoms with Gasteiger partial charge in [-0.2, -0.15) is 0 Å². The van der Waals surface area contributed by atoms with Gasteiger partial charge in [0.05, 0.1) is 6.10 Å². The molecule has 0 radical (unpaired) electrons. The maximum absolute atomic E-state index is 5.62. The summed E-state index contributed by atoms with van der Waals surface area (Å²) in [5.74, 6) is 0. The Bertz CT molecular complexity index is 646. The lowest BCUT2D eigenvalue weighted by molar-refractivity contribution is 0.0806. The van der Waals surface area contributed by atoms with Crippen molar-refractivity contribution in [1.82, 2.24) is 10.3 Å². The topological polar surface area (TPSA) is 37.0 Å². The molecule has 0 amide bonds. The van der Waals surface area contributed by atoms with Gasteiger partial charge in [0.15, 0.2) is 0 Å². The van der Waals surface area contributed by atoms with E-state index in [1.807, 2.05) is 7.11 Å². The zero-order valence-electron chi connectivity index (χ0n) is 14.9. The zero-order chi connectivity index (χ0) is 16.4. The summed E-state index contributed by atoms with van der Waals surface area (Å²) >= 11 is 0. The number of aromatic nitrogens is 1. The first-order chi connectivity index (χ1) is 11.0. The van der Waals surface area contributed by atoms with Crippen LogP contribution in [0.2, 0.25) is 0 Å². The Balaban J connectivity index is 1.70. The summed E-state index contributed by atoms with van der Waals surface area (Å²) in [6.07, 6.45) is 7.37. The molecule has 1 fully saturated rings. The number of methoxy groups -OCH3 is 1. The number of para-hydroxylation sites is 1. The summed E-state index contributed by atoms with van der Waals surface area (Å²) in [4.78, 5) is 3.42. The second-order valence-corrected chi connectivity index (χ2v) is 7.72. The molecular weight excluding hydrogens is 284 g/mol. The Morgan fingerprint density at radius 2 is 2.09 bits per heavy atom. The van der Waals surface area contributed by atoms with Gasteiger partial charge < -0.3 is 15.0 Å². The number of hydrogen-bond donors (Lipinski definition) is 2. The predicted molar refractivity (Wildman–Crippen MR) is 97.0 cm³/mol. The first-order valence-corrected chi connectivity index (χ1v) is 8.86. The Labute approximate surface area is 139 Å². The van der Waals surface area contributed by atoms with Crippen molar-refractivity contribution in [2.24, 2.45) is 0 Å². The Kier molecular flexibility index (Phi) is 4.79. The van der Waals surface area contributed by atoms with E-state index in [4.69, 9.17) is 4.74 Å². The minimum atomic E-state index is 0.132. The van der Waals surface area contributed by atoms with Crippen molar-refractivity contribution in [2.75, 3.05) is 7.11 Å². The first-order valence-electron chi connectivity index (χ1n) is 8.86. The Hall–Kier alpha value is -1.32. The number of hydrogen-bond acceptors (Lipinski definition) is 2. The lowest BCUT2D eigenvalue weighted by Gasteiger charge is -2.31. The van der Waals surface area contributed by atoms with Crippen LogP contribution in [0.3, 0.4) is 0 Å². The quantitative estimate of drug-likeness (QED) is 0.830. The van der Waals surface area contributed by atoms with E-state index in [-0.39, 0.29) is 5.41 Å². The lowest BCUT2D eigenvalue weighted by Crippen LogP contribution is -2.44. The molecule has 2 N–H and O–H groups in total. The second-order valence-electron chi connectivity index (χ2n) is 7.72. The van der Waals surface area contributed by atoms with Gasteiger partial charge in [-0.3, -0.25) is 0 Å². The molecule has 0 bridgehead atoms. The van der Waals surface area contributed by atoms with E-state index >= 15 is 0 Å². The summed E-state index contributed by atoms with van der Waals surface area (Å²) in [5, 5.41) is 5.16. The van der Waals surface area contributed by atoms with Crippen LogP contribution in [0, 0.1) is 0 Å². The molecule has 1 aliphatic rings. The standard InChI is InChI=1S/C20H30N2O/c1-14(22-18-10-7-11-19(18)23-4)12-20(2,3)16-13-21-17-9-6-5-8-15(16)17/h5-6,8-9,13-14,18-19,21-22H,7,10-12H2,1-4H3/t14-,18-,19+/m0/s1. The molecule has 0 unspecified atom stereocenters. The first kappa shape index (κ1) is 16.5. The fraction of sp³-hybridized carbons (Fsp3) is 0.600. The summed E-state index contributed by atoms with van der Waals surface area (Å²) in [5.41, 5.74) is 2.77. The predicted octanol–water partition coefficient (Wildman–Crippen LogP) is 4.38. The fourth-order valence-electron chi connectivity index (χ4n) is 4.33. The van der Waals surface area contributed by atoms with E-state index in [1.165, 1.54) is 35.7 Å². The molecule has 1 saturated carbocycles. The normalized spacial score (nSPS) is 23.5. The average Bonchev–Trinajstić information content (AvgIpc) is 3.12. The number of rotatable bonds is 6. The van der Waals surface area contributed by atoms with Gasteiger partial charge in [-0.25, -0.2) is 0 Å². The van der Waals surface area contributed by atoms with Crippen LogP contribution in [0.5, 0.6) is 0 Å². The number of ether oxygens (including phenoxy) is 1. The number of H-pyrrole nitrogens is 1. The Morgan fingerprint density at radius 1 is 1.30 bits per heavy atom. The van der Waals surface area contributed by atoms with E-state index in [0.717, 1.165) is 6.42 Å². The summed E-state index contributed by atoms with van der Waals surface area (Å²) in [6, 6.07) is 9.56. The van der Waals surface area contributed by atoms with Crippen molar-refractivity contribution >= 4 is 10.9 Å². The van der Waals surface area contributed by atoms with Gasteiger partial charge in [-0.1, -0.05) is 32.0 Å². The molecule has 1 aromatic heterocycles. The van der Waals surface area contributed by atoms with Gasteiger partial charge in [0, 0.05) is 36.3 Å². The van der Waals surface area contributed by atoms with Crippen LogP contribution in [0.25, 0.3) is 10.9 Å². The minimum absolute atomic E-state index is 0.132. The molecule has 0 spiro atoms. The SMILES string of the molecule is CO[C@@H]1CCC[C@@H]1N[C@@H](C)CC(C)(C)c1c[nH]c2ccccc12. The van der Waals surface area contributed by atoms with E-state index in [9.17, 15) is 0 Å². The molecule has 1 aliphatic carbocycles. The smallest absolute Gasteiger partial charge is 0.0724 e. The number of fused-ring (bicyclic) bond motifs is 1. The van der Waals surface area contributed by atoms with Crippen LogP contribution in [-0.4, -0.2) is 30.3 Å².